The minimum atomic E-state index is 0.472. The molecule has 0 spiro atoms. The molecule has 7 heteroatoms. The Morgan fingerprint density at radius 3 is 2.72 bits per heavy atom. The van der Waals surface area contributed by atoms with Crippen LogP contribution in [0.2, 0.25) is 0 Å². The lowest BCUT2D eigenvalue weighted by molar-refractivity contribution is 0.444. The van der Waals surface area contributed by atoms with Crippen LogP contribution in [0.1, 0.15) is 32.6 Å². The quantitative estimate of drug-likeness (QED) is 0.905. The van der Waals surface area contributed by atoms with Crippen molar-refractivity contribution < 1.29 is 0 Å². The molecular weight excluding hydrogens is 332 g/mol. The lowest BCUT2D eigenvalue weighted by atomic mass is 10.0. The number of aromatic nitrogens is 3. The highest BCUT2D eigenvalue weighted by Crippen LogP contribution is 2.25. The van der Waals surface area contributed by atoms with Crippen LogP contribution in [0.3, 0.4) is 0 Å². The molecule has 0 radical (unpaired) electrons. The topological polar surface area (TPSA) is 57.2 Å². The molecule has 0 bridgehead atoms. The Kier molecular flexibility index (Phi) is 5.01. The van der Waals surface area contributed by atoms with Gasteiger partial charge in [0, 0.05) is 49.9 Å². The van der Waals surface area contributed by atoms with Crippen LogP contribution >= 0.6 is 11.3 Å². The molecule has 134 valence electrons. The molecule has 0 saturated carbocycles. The molecular formula is C18H26N6S. The smallest absolute Gasteiger partial charge is 0.185 e. The van der Waals surface area contributed by atoms with Crippen LogP contribution in [0, 0.1) is 5.92 Å². The van der Waals surface area contributed by atoms with E-state index in [2.05, 4.69) is 43.1 Å². The second kappa shape index (κ2) is 7.56. The van der Waals surface area contributed by atoms with Gasteiger partial charge < -0.3 is 15.1 Å². The zero-order valence-electron chi connectivity index (χ0n) is 14.8. The maximum Gasteiger partial charge on any atom is 0.185 e. The third kappa shape index (κ3) is 4.03. The summed E-state index contributed by atoms with van der Waals surface area (Å²) in [7, 11) is 0. The molecule has 2 aromatic heterocycles. The minimum absolute atomic E-state index is 0.472. The van der Waals surface area contributed by atoms with Crippen molar-refractivity contribution >= 4 is 28.1 Å². The van der Waals surface area contributed by atoms with E-state index in [-0.39, 0.29) is 0 Å². The lowest BCUT2D eigenvalue weighted by Crippen LogP contribution is -2.39. The van der Waals surface area contributed by atoms with E-state index < -0.39 is 0 Å². The van der Waals surface area contributed by atoms with Crippen LogP contribution in [0.4, 0.5) is 16.8 Å². The summed E-state index contributed by atoms with van der Waals surface area (Å²) in [6, 6.07) is 2.59. The number of piperidine rings is 2. The van der Waals surface area contributed by atoms with Crippen molar-refractivity contribution in [2.24, 2.45) is 5.92 Å². The molecule has 0 aliphatic carbocycles. The number of thiazole rings is 1. The predicted octanol–water partition coefficient (Wildman–Crippen LogP) is 3.25. The van der Waals surface area contributed by atoms with E-state index in [0.29, 0.717) is 6.04 Å². The number of hydrogen-bond acceptors (Lipinski definition) is 7. The van der Waals surface area contributed by atoms with Gasteiger partial charge in [0.15, 0.2) is 5.13 Å². The Balaban J connectivity index is 1.35. The first kappa shape index (κ1) is 16.6. The monoisotopic (exact) mass is 358 g/mol. The average Bonchev–Trinajstić information content (AvgIpc) is 3.17. The lowest BCUT2D eigenvalue weighted by Gasteiger charge is -2.33. The van der Waals surface area contributed by atoms with Gasteiger partial charge in [0.1, 0.15) is 18.0 Å². The van der Waals surface area contributed by atoms with Gasteiger partial charge >= 0.3 is 0 Å². The standard InChI is InChI=1S/C18H26N6S/c1-14-3-2-7-24(12-14)17-11-16(20-13-21-17)22-15-4-8-23(9-5-15)18-19-6-10-25-18/h6,10-11,13-15H,2-5,7-9,12H2,1H3,(H,20,21,22). The second-order valence-electron chi connectivity index (χ2n) is 7.18. The Hall–Kier alpha value is -1.89. The predicted molar refractivity (Wildman–Crippen MR) is 104 cm³/mol. The van der Waals surface area contributed by atoms with Crippen molar-refractivity contribution in [1.82, 2.24) is 15.0 Å². The second-order valence-corrected chi connectivity index (χ2v) is 8.05. The number of rotatable bonds is 4. The van der Waals surface area contributed by atoms with Crippen LogP contribution in [0.15, 0.2) is 24.0 Å². The van der Waals surface area contributed by atoms with Crippen LogP contribution in [0.5, 0.6) is 0 Å². The summed E-state index contributed by atoms with van der Waals surface area (Å²) in [4.78, 5) is 18.1. The van der Waals surface area contributed by atoms with Crippen molar-refractivity contribution in [3.05, 3.63) is 24.0 Å². The van der Waals surface area contributed by atoms with Gasteiger partial charge in [-0.15, -0.1) is 11.3 Å². The van der Waals surface area contributed by atoms with E-state index in [1.165, 1.54) is 12.8 Å². The Labute approximate surface area is 153 Å². The SMILES string of the molecule is CC1CCCN(c2cc(NC3CCN(c4nccs4)CC3)ncn2)C1. The fourth-order valence-corrected chi connectivity index (χ4v) is 4.49. The van der Waals surface area contributed by atoms with Gasteiger partial charge in [0.05, 0.1) is 0 Å². The van der Waals surface area contributed by atoms with Gasteiger partial charge in [-0.25, -0.2) is 15.0 Å². The summed E-state index contributed by atoms with van der Waals surface area (Å²) < 4.78 is 0. The highest BCUT2D eigenvalue weighted by Gasteiger charge is 2.22. The first-order chi connectivity index (χ1) is 12.3. The van der Waals surface area contributed by atoms with Crippen molar-refractivity contribution in [2.75, 3.05) is 41.3 Å². The van der Waals surface area contributed by atoms with E-state index in [4.69, 9.17) is 0 Å². The molecule has 0 amide bonds. The van der Waals surface area contributed by atoms with E-state index >= 15 is 0 Å². The van der Waals surface area contributed by atoms with Gasteiger partial charge in [0.25, 0.3) is 0 Å². The Morgan fingerprint density at radius 2 is 1.96 bits per heavy atom. The van der Waals surface area contributed by atoms with Crippen LogP contribution in [-0.4, -0.2) is 47.2 Å². The third-order valence-electron chi connectivity index (χ3n) is 5.17. The van der Waals surface area contributed by atoms with E-state index in [1.807, 2.05) is 11.6 Å². The first-order valence-corrected chi connectivity index (χ1v) is 10.1. The minimum Gasteiger partial charge on any atom is -0.367 e. The molecule has 25 heavy (non-hydrogen) atoms. The van der Waals surface area contributed by atoms with Crippen molar-refractivity contribution in [3.8, 4) is 0 Å². The molecule has 2 aromatic rings. The molecule has 2 fully saturated rings. The van der Waals surface area contributed by atoms with Crippen LogP contribution in [-0.2, 0) is 0 Å². The molecule has 4 heterocycles. The summed E-state index contributed by atoms with van der Waals surface area (Å²) in [6.07, 6.45) is 8.38. The van der Waals surface area contributed by atoms with E-state index in [0.717, 1.165) is 61.7 Å². The van der Waals surface area contributed by atoms with E-state index in [1.54, 1.807) is 17.7 Å². The summed E-state index contributed by atoms with van der Waals surface area (Å²) in [5.74, 6) is 2.76. The third-order valence-corrected chi connectivity index (χ3v) is 6.00. The number of anilines is 3. The zero-order valence-corrected chi connectivity index (χ0v) is 15.6. The molecule has 2 aliphatic heterocycles. The van der Waals surface area contributed by atoms with Crippen molar-refractivity contribution in [3.63, 3.8) is 0 Å². The summed E-state index contributed by atoms with van der Waals surface area (Å²) in [6.45, 7) is 6.62. The molecule has 4 rings (SSSR count). The molecule has 2 aliphatic rings. The van der Waals surface area contributed by atoms with Crippen LogP contribution < -0.4 is 15.1 Å². The Morgan fingerprint density at radius 1 is 1.08 bits per heavy atom. The van der Waals surface area contributed by atoms with E-state index in [9.17, 15) is 0 Å². The number of nitrogens with one attached hydrogen (secondary N) is 1. The van der Waals surface area contributed by atoms with Crippen LogP contribution in [0.25, 0.3) is 0 Å². The fraction of sp³-hybridized carbons (Fsp3) is 0.611. The van der Waals surface area contributed by atoms with Gasteiger partial charge in [0.2, 0.25) is 0 Å². The fourth-order valence-electron chi connectivity index (χ4n) is 3.79. The summed E-state index contributed by atoms with van der Waals surface area (Å²) in [5.41, 5.74) is 0. The molecule has 1 unspecified atom stereocenters. The molecule has 1 atom stereocenters. The van der Waals surface area contributed by atoms with Crippen molar-refractivity contribution in [2.45, 2.75) is 38.6 Å². The average molecular weight is 359 g/mol. The largest absolute Gasteiger partial charge is 0.367 e. The zero-order chi connectivity index (χ0) is 17.1. The molecule has 1 N–H and O–H groups in total. The van der Waals surface area contributed by atoms with Gasteiger partial charge in [-0.05, 0) is 31.6 Å². The Bertz CT molecular complexity index is 668. The van der Waals surface area contributed by atoms with Crippen molar-refractivity contribution in [1.29, 1.82) is 0 Å². The van der Waals surface area contributed by atoms with Gasteiger partial charge in [-0.3, -0.25) is 0 Å². The number of nitrogens with zero attached hydrogens (tertiary/aromatic N) is 5. The highest BCUT2D eigenvalue weighted by molar-refractivity contribution is 7.13. The highest BCUT2D eigenvalue weighted by atomic mass is 32.1. The summed E-state index contributed by atoms with van der Waals surface area (Å²) in [5, 5.41) is 6.80. The maximum absolute atomic E-state index is 4.50. The number of hydrogen-bond donors (Lipinski definition) is 1. The maximum atomic E-state index is 4.50. The first-order valence-electron chi connectivity index (χ1n) is 9.26. The molecule has 0 aromatic carbocycles. The normalized spacial score (nSPS) is 22.2. The molecule has 2 saturated heterocycles. The summed E-state index contributed by atoms with van der Waals surface area (Å²) >= 11 is 1.72. The van der Waals surface area contributed by atoms with Gasteiger partial charge in [-0.2, -0.15) is 0 Å². The molecule has 6 nitrogen and oxygen atoms in total. The van der Waals surface area contributed by atoms with Gasteiger partial charge in [-0.1, -0.05) is 6.92 Å².